The largest absolute Gasteiger partial charge is 0.493 e. The molecule has 1 unspecified atom stereocenters. The molecule has 1 aromatic carbocycles. The van der Waals surface area contributed by atoms with Gasteiger partial charge < -0.3 is 10.1 Å². The average Bonchev–Trinajstić information content (AvgIpc) is 2.36. The monoisotopic (exact) mass is 249 g/mol. The van der Waals surface area contributed by atoms with E-state index in [1.807, 2.05) is 6.07 Å². The highest BCUT2D eigenvalue weighted by Gasteiger charge is 2.05. The van der Waals surface area contributed by atoms with Gasteiger partial charge in [-0.1, -0.05) is 45.9 Å². The second kappa shape index (κ2) is 8.15. The van der Waals surface area contributed by atoms with Crippen molar-refractivity contribution >= 4 is 0 Å². The Morgan fingerprint density at radius 1 is 1.11 bits per heavy atom. The van der Waals surface area contributed by atoms with E-state index >= 15 is 0 Å². The van der Waals surface area contributed by atoms with Crippen molar-refractivity contribution in [2.75, 3.05) is 19.7 Å². The van der Waals surface area contributed by atoms with E-state index in [1.165, 1.54) is 5.56 Å². The summed E-state index contributed by atoms with van der Waals surface area (Å²) in [5.41, 5.74) is 1.29. The van der Waals surface area contributed by atoms with Gasteiger partial charge in [0, 0.05) is 12.5 Å². The molecule has 2 nitrogen and oxygen atoms in total. The van der Waals surface area contributed by atoms with E-state index in [2.05, 4.69) is 51.2 Å². The third-order valence-corrected chi connectivity index (χ3v) is 2.92. The SMILES string of the molecule is CCc1ccccc1OCC(C)CNCC(C)C. The van der Waals surface area contributed by atoms with Crippen molar-refractivity contribution in [1.29, 1.82) is 0 Å². The predicted octanol–water partition coefficient (Wildman–Crippen LogP) is 3.51. The second-order valence-corrected chi connectivity index (χ2v) is 5.43. The van der Waals surface area contributed by atoms with Crippen molar-refractivity contribution in [2.45, 2.75) is 34.1 Å². The van der Waals surface area contributed by atoms with Crippen LogP contribution in [0.2, 0.25) is 0 Å². The van der Waals surface area contributed by atoms with Crippen LogP contribution in [0.4, 0.5) is 0 Å². The molecule has 1 rings (SSSR count). The Hall–Kier alpha value is -1.02. The molecule has 0 saturated carbocycles. The molecule has 0 fully saturated rings. The average molecular weight is 249 g/mol. The Bertz CT molecular complexity index is 336. The summed E-state index contributed by atoms with van der Waals surface area (Å²) in [7, 11) is 0. The van der Waals surface area contributed by atoms with Crippen LogP contribution in [0.1, 0.15) is 33.3 Å². The first kappa shape index (κ1) is 15.0. The van der Waals surface area contributed by atoms with Crippen LogP contribution in [-0.4, -0.2) is 19.7 Å². The maximum atomic E-state index is 5.91. The highest BCUT2D eigenvalue weighted by molar-refractivity contribution is 5.33. The fourth-order valence-electron chi connectivity index (χ4n) is 1.85. The van der Waals surface area contributed by atoms with E-state index in [-0.39, 0.29) is 0 Å². The van der Waals surface area contributed by atoms with Gasteiger partial charge in [0.1, 0.15) is 5.75 Å². The number of para-hydroxylation sites is 1. The molecule has 18 heavy (non-hydrogen) atoms. The predicted molar refractivity (Wildman–Crippen MR) is 78.2 cm³/mol. The molecule has 1 atom stereocenters. The molecule has 0 aliphatic heterocycles. The van der Waals surface area contributed by atoms with Gasteiger partial charge >= 0.3 is 0 Å². The van der Waals surface area contributed by atoms with E-state index in [0.29, 0.717) is 11.8 Å². The molecule has 0 aliphatic carbocycles. The van der Waals surface area contributed by atoms with Crippen molar-refractivity contribution in [2.24, 2.45) is 11.8 Å². The molecule has 0 bridgehead atoms. The van der Waals surface area contributed by atoms with Gasteiger partial charge in [0.15, 0.2) is 0 Å². The zero-order valence-electron chi connectivity index (χ0n) is 12.2. The molecular weight excluding hydrogens is 222 g/mol. The standard InChI is InChI=1S/C16H27NO/c1-5-15-8-6-7-9-16(15)18-12-14(4)11-17-10-13(2)3/h6-9,13-14,17H,5,10-12H2,1-4H3. The zero-order valence-corrected chi connectivity index (χ0v) is 12.2. The molecule has 0 heterocycles. The van der Waals surface area contributed by atoms with E-state index in [0.717, 1.165) is 31.9 Å². The second-order valence-electron chi connectivity index (χ2n) is 5.43. The van der Waals surface area contributed by atoms with Crippen molar-refractivity contribution in [3.8, 4) is 5.75 Å². The Morgan fingerprint density at radius 2 is 1.83 bits per heavy atom. The molecule has 0 spiro atoms. The maximum absolute atomic E-state index is 5.91. The van der Waals surface area contributed by atoms with E-state index in [4.69, 9.17) is 4.74 Å². The number of hydrogen-bond donors (Lipinski definition) is 1. The lowest BCUT2D eigenvalue weighted by Gasteiger charge is -2.16. The molecule has 102 valence electrons. The fraction of sp³-hybridized carbons (Fsp3) is 0.625. The molecular formula is C16H27NO. The van der Waals surface area contributed by atoms with Crippen molar-refractivity contribution in [1.82, 2.24) is 5.32 Å². The summed E-state index contributed by atoms with van der Waals surface area (Å²) >= 11 is 0. The van der Waals surface area contributed by atoms with Crippen molar-refractivity contribution in [3.63, 3.8) is 0 Å². The number of nitrogens with one attached hydrogen (secondary N) is 1. The van der Waals surface area contributed by atoms with Crippen LogP contribution in [0, 0.1) is 11.8 Å². The minimum absolute atomic E-state index is 0.536. The topological polar surface area (TPSA) is 21.3 Å². The van der Waals surface area contributed by atoms with Gasteiger partial charge in [0.2, 0.25) is 0 Å². The minimum Gasteiger partial charge on any atom is -0.493 e. The van der Waals surface area contributed by atoms with Crippen LogP contribution in [0.15, 0.2) is 24.3 Å². The quantitative estimate of drug-likeness (QED) is 0.761. The molecule has 0 amide bonds. The highest BCUT2D eigenvalue weighted by Crippen LogP contribution is 2.18. The number of aryl methyl sites for hydroxylation is 1. The zero-order chi connectivity index (χ0) is 13.4. The molecule has 0 aliphatic rings. The first-order chi connectivity index (χ1) is 8.63. The van der Waals surface area contributed by atoms with Gasteiger partial charge in [0.25, 0.3) is 0 Å². The Kier molecular flexibility index (Phi) is 6.81. The highest BCUT2D eigenvalue weighted by atomic mass is 16.5. The summed E-state index contributed by atoms with van der Waals surface area (Å²) in [4.78, 5) is 0. The number of benzene rings is 1. The number of hydrogen-bond acceptors (Lipinski definition) is 2. The van der Waals surface area contributed by atoms with Crippen LogP contribution in [0.25, 0.3) is 0 Å². The molecule has 1 N–H and O–H groups in total. The van der Waals surface area contributed by atoms with Crippen molar-refractivity contribution < 1.29 is 4.74 Å². The van der Waals surface area contributed by atoms with Gasteiger partial charge in [-0.3, -0.25) is 0 Å². The van der Waals surface area contributed by atoms with Crippen LogP contribution >= 0.6 is 0 Å². The Balaban J connectivity index is 2.31. The van der Waals surface area contributed by atoms with Gasteiger partial charge in [-0.05, 0) is 30.5 Å². The van der Waals surface area contributed by atoms with Crippen molar-refractivity contribution in [3.05, 3.63) is 29.8 Å². The third-order valence-electron chi connectivity index (χ3n) is 2.92. The molecule has 1 aromatic rings. The molecule has 0 radical (unpaired) electrons. The Morgan fingerprint density at radius 3 is 2.50 bits per heavy atom. The molecule has 2 heteroatoms. The normalized spacial score (nSPS) is 12.7. The lowest BCUT2D eigenvalue weighted by molar-refractivity contribution is 0.252. The van der Waals surface area contributed by atoms with Gasteiger partial charge in [-0.25, -0.2) is 0 Å². The lowest BCUT2D eigenvalue weighted by Crippen LogP contribution is -2.28. The van der Waals surface area contributed by atoms with E-state index < -0.39 is 0 Å². The summed E-state index contributed by atoms with van der Waals surface area (Å²) in [6.45, 7) is 11.7. The van der Waals surface area contributed by atoms with Gasteiger partial charge in [-0.2, -0.15) is 0 Å². The smallest absolute Gasteiger partial charge is 0.122 e. The first-order valence-corrected chi connectivity index (χ1v) is 7.04. The minimum atomic E-state index is 0.536. The van der Waals surface area contributed by atoms with Crippen LogP contribution in [-0.2, 0) is 6.42 Å². The molecule has 0 aromatic heterocycles. The van der Waals surface area contributed by atoms with Gasteiger partial charge in [0.05, 0.1) is 6.61 Å². The number of ether oxygens (including phenoxy) is 1. The fourth-order valence-corrected chi connectivity index (χ4v) is 1.85. The first-order valence-electron chi connectivity index (χ1n) is 7.04. The summed E-state index contributed by atoms with van der Waals surface area (Å²) in [6, 6.07) is 8.31. The van der Waals surface area contributed by atoms with E-state index in [1.54, 1.807) is 0 Å². The van der Waals surface area contributed by atoms with Crippen LogP contribution < -0.4 is 10.1 Å². The summed E-state index contributed by atoms with van der Waals surface area (Å²) in [5.74, 6) is 2.28. The number of rotatable bonds is 8. The van der Waals surface area contributed by atoms with E-state index in [9.17, 15) is 0 Å². The molecule has 0 saturated heterocycles. The summed E-state index contributed by atoms with van der Waals surface area (Å²) in [6.07, 6.45) is 1.02. The third kappa shape index (κ3) is 5.54. The van der Waals surface area contributed by atoms with Crippen LogP contribution in [0.3, 0.4) is 0 Å². The van der Waals surface area contributed by atoms with Gasteiger partial charge in [-0.15, -0.1) is 0 Å². The lowest BCUT2D eigenvalue weighted by atomic mass is 10.1. The summed E-state index contributed by atoms with van der Waals surface area (Å²) in [5, 5.41) is 3.47. The van der Waals surface area contributed by atoms with Crippen LogP contribution in [0.5, 0.6) is 5.75 Å². The Labute approximate surface area is 112 Å². The maximum Gasteiger partial charge on any atom is 0.122 e. The summed E-state index contributed by atoms with van der Waals surface area (Å²) < 4.78 is 5.91.